The molecule has 1 rings (SSSR count). The molecule has 1 aromatic rings. The molecule has 1 atom stereocenters. The van der Waals surface area contributed by atoms with Gasteiger partial charge < -0.3 is 15.2 Å². The largest absolute Gasteiger partial charge is 0.491 e. The molecule has 0 heterocycles. The summed E-state index contributed by atoms with van der Waals surface area (Å²) in [5, 5.41) is 12.8. The van der Waals surface area contributed by atoms with E-state index in [1.807, 2.05) is 25.1 Å². The van der Waals surface area contributed by atoms with E-state index in [1.54, 1.807) is 0 Å². The van der Waals surface area contributed by atoms with Gasteiger partial charge in [0.15, 0.2) is 0 Å². The first-order valence-electron chi connectivity index (χ1n) is 6.71. The standard InChI is InChI=1S/C15H25NO2/c1-4-10-16-15(3,11-17)12-18-14-9-7-6-8-13(14)5-2/h6-9,16-17H,4-5,10-12H2,1-3H3. The van der Waals surface area contributed by atoms with Crippen molar-refractivity contribution in [3.05, 3.63) is 29.8 Å². The lowest BCUT2D eigenvalue weighted by atomic mass is 10.1. The van der Waals surface area contributed by atoms with E-state index in [9.17, 15) is 5.11 Å². The molecule has 3 nitrogen and oxygen atoms in total. The molecule has 3 heteroatoms. The maximum atomic E-state index is 9.47. The molecule has 0 aliphatic heterocycles. The lowest BCUT2D eigenvalue weighted by molar-refractivity contribution is 0.115. The molecule has 0 aliphatic carbocycles. The normalized spacial score (nSPS) is 14.2. The number of rotatable bonds is 8. The van der Waals surface area contributed by atoms with E-state index in [4.69, 9.17) is 4.74 Å². The van der Waals surface area contributed by atoms with E-state index in [1.165, 1.54) is 5.56 Å². The average Bonchev–Trinajstić information content (AvgIpc) is 2.43. The third-order valence-corrected chi connectivity index (χ3v) is 3.05. The fourth-order valence-corrected chi connectivity index (χ4v) is 1.75. The van der Waals surface area contributed by atoms with Crippen LogP contribution in [0.2, 0.25) is 0 Å². The van der Waals surface area contributed by atoms with Crippen molar-refractivity contribution in [1.29, 1.82) is 0 Å². The molecule has 0 fully saturated rings. The van der Waals surface area contributed by atoms with E-state index in [-0.39, 0.29) is 12.1 Å². The number of ether oxygens (including phenoxy) is 1. The minimum Gasteiger partial charge on any atom is -0.491 e. The number of aliphatic hydroxyl groups is 1. The monoisotopic (exact) mass is 251 g/mol. The summed E-state index contributed by atoms with van der Waals surface area (Å²) < 4.78 is 5.86. The van der Waals surface area contributed by atoms with E-state index in [0.717, 1.165) is 25.1 Å². The van der Waals surface area contributed by atoms with Gasteiger partial charge in [-0.05, 0) is 37.9 Å². The van der Waals surface area contributed by atoms with Gasteiger partial charge in [0.25, 0.3) is 0 Å². The maximum Gasteiger partial charge on any atom is 0.122 e. The van der Waals surface area contributed by atoms with Crippen LogP contribution in [0.4, 0.5) is 0 Å². The number of nitrogens with one attached hydrogen (secondary N) is 1. The van der Waals surface area contributed by atoms with Crippen LogP contribution in [0.1, 0.15) is 32.8 Å². The van der Waals surface area contributed by atoms with Crippen LogP contribution in [0, 0.1) is 0 Å². The molecule has 18 heavy (non-hydrogen) atoms. The van der Waals surface area contributed by atoms with Gasteiger partial charge in [0.2, 0.25) is 0 Å². The van der Waals surface area contributed by atoms with Crippen LogP contribution in [0.15, 0.2) is 24.3 Å². The van der Waals surface area contributed by atoms with Gasteiger partial charge in [-0.2, -0.15) is 0 Å². The van der Waals surface area contributed by atoms with Gasteiger partial charge in [0, 0.05) is 0 Å². The number of aliphatic hydroxyl groups excluding tert-OH is 1. The highest BCUT2D eigenvalue weighted by Gasteiger charge is 2.23. The topological polar surface area (TPSA) is 41.5 Å². The van der Waals surface area contributed by atoms with E-state index >= 15 is 0 Å². The number of benzene rings is 1. The Kier molecular flexibility index (Phi) is 6.16. The Labute approximate surface area is 110 Å². The summed E-state index contributed by atoms with van der Waals surface area (Å²) in [5.74, 6) is 0.915. The molecule has 0 radical (unpaired) electrons. The molecule has 102 valence electrons. The molecular weight excluding hydrogens is 226 g/mol. The number of para-hydroxylation sites is 1. The Morgan fingerprint density at radius 1 is 1.28 bits per heavy atom. The van der Waals surface area contributed by atoms with Gasteiger partial charge >= 0.3 is 0 Å². The van der Waals surface area contributed by atoms with Crippen molar-refractivity contribution in [3.8, 4) is 5.75 Å². The van der Waals surface area contributed by atoms with E-state index in [0.29, 0.717) is 6.61 Å². The summed E-state index contributed by atoms with van der Waals surface area (Å²) in [5.41, 5.74) is 0.824. The lowest BCUT2D eigenvalue weighted by Crippen LogP contribution is -2.50. The molecule has 0 aromatic heterocycles. The molecule has 1 aromatic carbocycles. The van der Waals surface area contributed by atoms with E-state index < -0.39 is 0 Å². The van der Waals surface area contributed by atoms with Crippen LogP contribution in [-0.2, 0) is 6.42 Å². The lowest BCUT2D eigenvalue weighted by Gasteiger charge is -2.29. The average molecular weight is 251 g/mol. The molecule has 0 amide bonds. The minimum atomic E-state index is -0.378. The smallest absolute Gasteiger partial charge is 0.122 e. The summed E-state index contributed by atoms with van der Waals surface area (Å²) in [4.78, 5) is 0. The molecule has 0 saturated carbocycles. The zero-order chi connectivity index (χ0) is 13.4. The quantitative estimate of drug-likeness (QED) is 0.745. The van der Waals surface area contributed by atoms with Gasteiger partial charge in [0.05, 0.1) is 12.1 Å². The van der Waals surface area contributed by atoms with Crippen molar-refractivity contribution < 1.29 is 9.84 Å². The van der Waals surface area contributed by atoms with Crippen molar-refractivity contribution in [2.45, 2.75) is 39.2 Å². The molecule has 2 N–H and O–H groups in total. The van der Waals surface area contributed by atoms with Crippen molar-refractivity contribution in [2.24, 2.45) is 0 Å². The van der Waals surface area contributed by atoms with Crippen molar-refractivity contribution in [1.82, 2.24) is 5.32 Å². The highest BCUT2D eigenvalue weighted by molar-refractivity contribution is 5.33. The second-order valence-electron chi connectivity index (χ2n) is 4.90. The van der Waals surface area contributed by atoms with Gasteiger partial charge in [-0.15, -0.1) is 0 Å². The molecule has 1 unspecified atom stereocenters. The predicted molar refractivity (Wildman–Crippen MR) is 75.1 cm³/mol. The summed E-state index contributed by atoms with van der Waals surface area (Å²) in [6.45, 7) is 7.63. The third kappa shape index (κ3) is 4.31. The molecule has 0 spiro atoms. The summed E-state index contributed by atoms with van der Waals surface area (Å²) >= 11 is 0. The number of aryl methyl sites for hydroxylation is 1. The van der Waals surface area contributed by atoms with Crippen LogP contribution in [0.3, 0.4) is 0 Å². The Bertz CT molecular complexity index is 354. The number of hydrogen-bond acceptors (Lipinski definition) is 3. The molecule has 0 aliphatic rings. The van der Waals surface area contributed by atoms with Crippen molar-refractivity contribution >= 4 is 0 Å². The second kappa shape index (κ2) is 7.39. The van der Waals surface area contributed by atoms with Crippen LogP contribution in [0.5, 0.6) is 5.75 Å². The van der Waals surface area contributed by atoms with Crippen LogP contribution in [-0.4, -0.2) is 30.4 Å². The molecular formula is C15H25NO2. The van der Waals surface area contributed by atoms with Gasteiger partial charge in [-0.3, -0.25) is 0 Å². The third-order valence-electron chi connectivity index (χ3n) is 3.05. The second-order valence-corrected chi connectivity index (χ2v) is 4.90. The van der Waals surface area contributed by atoms with Gasteiger partial charge in [0.1, 0.15) is 12.4 Å². The maximum absolute atomic E-state index is 9.47. The zero-order valence-electron chi connectivity index (χ0n) is 11.7. The van der Waals surface area contributed by atoms with Crippen LogP contribution >= 0.6 is 0 Å². The highest BCUT2D eigenvalue weighted by atomic mass is 16.5. The SMILES string of the molecule is CCCNC(C)(CO)COc1ccccc1CC. The highest BCUT2D eigenvalue weighted by Crippen LogP contribution is 2.19. The Morgan fingerprint density at radius 2 is 2.00 bits per heavy atom. The van der Waals surface area contributed by atoms with Gasteiger partial charge in [-0.1, -0.05) is 32.0 Å². The summed E-state index contributed by atoms with van der Waals surface area (Å²) in [6, 6.07) is 8.05. The Morgan fingerprint density at radius 3 is 2.61 bits per heavy atom. The van der Waals surface area contributed by atoms with Crippen molar-refractivity contribution in [3.63, 3.8) is 0 Å². The summed E-state index contributed by atoms with van der Waals surface area (Å²) in [7, 11) is 0. The van der Waals surface area contributed by atoms with E-state index in [2.05, 4.69) is 25.2 Å². The predicted octanol–water partition coefficient (Wildman–Crippen LogP) is 2.38. The molecule has 0 saturated heterocycles. The Balaban J connectivity index is 2.61. The summed E-state index contributed by atoms with van der Waals surface area (Å²) in [6.07, 6.45) is 2.00. The van der Waals surface area contributed by atoms with Crippen LogP contribution in [0.25, 0.3) is 0 Å². The van der Waals surface area contributed by atoms with Gasteiger partial charge in [-0.25, -0.2) is 0 Å². The minimum absolute atomic E-state index is 0.0707. The fourth-order valence-electron chi connectivity index (χ4n) is 1.75. The first-order valence-corrected chi connectivity index (χ1v) is 6.71. The first-order chi connectivity index (χ1) is 8.65. The molecule has 0 bridgehead atoms. The zero-order valence-corrected chi connectivity index (χ0v) is 11.7. The van der Waals surface area contributed by atoms with Crippen molar-refractivity contribution in [2.75, 3.05) is 19.8 Å². The fraction of sp³-hybridized carbons (Fsp3) is 0.600. The number of hydrogen-bond donors (Lipinski definition) is 2. The Hall–Kier alpha value is -1.06. The first kappa shape index (κ1) is 15.0. The van der Waals surface area contributed by atoms with Crippen LogP contribution < -0.4 is 10.1 Å².